The molecule has 126 valence electrons. The van der Waals surface area contributed by atoms with Gasteiger partial charge in [0.05, 0.1) is 23.8 Å². The third-order valence-corrected chi connectivity index (χ3v) is 4.44. The minimum absolute atomic E-state index is 0.0457. The van der Waals surface area contributed by atoms with Crippen LogP contribution in [0.2, 0.25) is 0 Å². The first-order chi connectivity index (χ1) is 11.7. The average molecular weight is 329 g/mol. The van der Waals surface area contributed by atoms with Crippen LogP contribution in [-0.2, 0) is 11.8 Å². The van der Waals surface area contributed by atoms with E-state index in [0.717, 1.165) is 18.5 Å². The Morgan fingerprint density at radius 2 is 2.29 bits per heavy atom. The summed E-state index contributed by atoms with van der Waals surface area (Å²) in [5.41, 5.74) is 1.53. The Balaban J connectivity index is 1.46. The lowest BCUT2D eigenvalue weighted by atomic mass is 10.0. The second-order valence-corrected chi connectivity index (χ2v) is 6.02. The number of carbonyl (C=O) groups is 1. The summed E-state index contributed by atoms with van der Waals surface area (Å²) in [6.45, 7) is 0.757. The molecular formula is C17H19N3O4. The number of para-hydroxylation sites is 1. The molecule has 1 aromatic carbocycles. The molecule has 0 aliphatic carbocycles. The van der Waals surface area contributed by atoms with Gasteiger partial charge < -0.3 is 24.1 Å². The molecule has 3 heterocycles. The zero-order valence-electron chi connectivity index (χ0n) is 13.4. The molecule has 24 heavy (non-hydrogen) atoms. The van der Waals surface area contributed by atoms with Gasteiger partial charge in [0.15, 0.2) is 11.5 Å². The molecule has 4 rings (SSSR count). The Labute approximate surface area is 139 Å². The van der Waals surface area contributed by atoms with Gasteiger partial charge in [-0.25, -0.2) is 4.98 Å². The van der Waals surface area contributed by atoms with E-state index < -0.39 is 0 Å². The maximum Gasteiger partial charge on any atom is 0.255 e. The van der Waals surface area contributed by atoms with Crippen molar-refractivity contribution < 1.29 is 19.0 Å². The zero-order chi connectivity index (χ0) is 16.5. The highest BCUT2D eigenvalue weighted by Crippen LogP contribution is 2.35. The summed E-state index contributed by atoms with van der Waals surface area (Å²) in [4.78, 5) is 16.8. The second kappa shape index (κ2) is 6.16. The Morgan fingerprint density at radius 1 is 1.38 bits per heavy atom. The highest BCUT2D eigenvalue weighted by molar-refractivity contribution is 5.98. The van der Waals surface area contributed by atoms with Crippen molar-refractivity contribution in [2.45, 2.75) is 25.0 Å². The number of benzene rings is 1. The molecular weight excluding hydrogens is 310 g/mol. The highest BCUT2D eigenvalue weighted by Gasteiger charge is 2.29. The van der Waals surface area contributed by atoms with Crippen LogP contribution in [0.1, 0.15) is 35.0 Å². The molecule has 0 unspecified atom stereocenters. The van der Waals surface area contributed by atoms with Crippen LogP contribution in [-0.4, -0.2) is 34.9 Å². The number of hydrogen-bond donors (Lipinski definition) is 1. The molecule has 1 saturated heterocycles. The molecule has 2 atom stereocenters. The number of nitrogens with zero attached hydrogens (tertiary/aromatic N) is 2. The van der Waals surface area contributed by atoms with Crippen molar-refractivity contribution in [3.8, 4) is 11.5 Å². The molecule has 7 nitrogen and oxygen atoms in total. The van der Waals surface area contributed by atoms with E-state index in [9.17, 15) is 4.79 Å². The molecule has 2 aliphatic heterocycles. The topological polar surface area (TPSA) is 74.6 Å². The van der Waals surface area contributed by atoms with E-state index in [1.54, 1.807) is 24.5 Å². The highest BCUT2D eigenvalue weighted by atomic mass is 16.7. The van der Waals surface area contributed by atoms with Crippen molar-refractivity contribution in [2.24, 2.45) is 7.05 Å². The Bertz CT molecular complexity index is 758. The molecule has 1 fully saturated rings. The number of amides is 1. The average Bonchev–Trinajstić information content (AvgIpc) is 3.23. The molecule has 0 spiro atoms. The van der Waals surface area contributed by atoms with Gasteiger partial charge in [-0.1, -0.05) is 6.07 Å². The summed E-state index contributed by atoms with van der Waals surface area (Å²) in [5.74, 6) is 0.987. The van der Waals surface area contributed by atoms with Crippen LogP contribution < -0.4 is 14.8 Å². The van der Waals surface area contributed by atoms with Gasteiger partial charge >= 0.3 is 0 Å². The monoisotopic (exact) mass is 329 g/mol. The lowest BCUT2D eigenvalue weighted by Crippen LogP contribution is -2.40. The van der Waals surface area contributed by atoms with Crippen LogP contribution in [0.25, 0.3) is 0 Å². The van der Waals surface area contributed by atoms with Gasteiger partial charge in [0.1, 0.15) is 6.10 Å². The van der Waals surface area contributed by atoms with Gasteiger partial charge in [-0.2, -0.15) is 0 Å². The standard InChI is InChI=1S/C17H19N3O4/c1-20-9-18-8-13(20)15-7-11(5-6-22-15)19-17(21)12-3-2-4-14-16(12)24-10-23-14/h2-4,8-9,11,15H,5-7,10H2,1H3,(H,19,21)/t11-,15-/m1/s1. The number of fused-ring (bicyclic) bond motifs is 1. The van der Waals surface area contributed by atoms with Crippen LogP contribution >= 0.6 is 0 Å². The molecule has 0 bridgehead atoms. The van der Waals surface area contributed by atoms with Crippen LogP contribution in [0.3, 0.4) is 0 Å². The normalized spacial score (nSPS) is 22.4. The van der Waals surface area contributed by atoms with E-state index in [2.05, 4.69) is 10.3 Å². The number of aromatic nitrogens is 2. The summed E-state index contributed by atoms with van der Waals surface area (Å²) in [5, 5.41) is 3.09. The van der Waals surface area contributed by atoms with E-state index in [4.69, 9.17) is 14.2 Å². The maximum atomic E-state index is 12.6. The summed E-state index contributed by atoms with van der Waals surface area (Å²) in [7, 11) is 1.94. The third kappa shape index (κ3) is 2.71. The minimum Gasteiger partial charge on any atom is -0.454 e. The van der Waals surface area contributed by atoms with Crippen molar-refractivity contribution in [1.29, 1.82) is 0 Å². The molecule has 0 saturated carbocycles. The predicted molar refractivity (Wildman–Crippen MR) is 85.0 cm³/mol. The number of aryl methyl sites for hydroxylation is 1. The lowest BCUT2D eigenvalue weighted by molar-refractivity contribution is -0.00303. The third-order valence-electron chi connectivity index (χ3n) is 4.44. The number of hydrogen-bond acceptors (Lipinski definition) is 5. The lowest BCUT2D eigenvalue weighted by Gasteiger charge is -2.30. The van der Waals surface area contributed by atoms with Crippen molar-refractivity contribution >= 4 is 5.91 Å². The van der Waals surface area contributed by atoms with Gasteiger partial charge in [0.2, 0.25) is 6.79 Å². The molecule has 2 aromatic rings. The largest absolute Gasteiger partial charge is 0.454 e. The van der Waals surface area contributed by atoms with Gasteiger partial charge in [0, 0.05) is 19.7 Å². The fourth-order valence-corrected chi connectivity index (χ4v) is 3.18. The number of ether oxygens (including phenoxy) is 3. The molecule has 1 amide bonds. The quantitative estimate of drug-likeness (QED) is 0.929. The first-order valence-corrected chi connectivity index (χ1v) is 7.99. The Hall–Kier alpha value is -2.54. The Kier molecular flexibility index (Phi) is 3.86. The molecule has 0 radical (unpaired) electrons. The fraction of sp³-hybridized carbons (Fsp3) is 0.412. The number of nitrogens with one attached hydrogen (secondary N) is 1. The molecule has 1 N–H and O–H groups in total. The van der Waals surface area contributed by atoms with Gasteiger partial charge in [-0.3, -0.25) is 4.79 Å². The van der Waals surface area contributed by atoms with E-state index >= 15 is 0 Å². The van der Waals surface area contributed by atoms with Gasteiger partial charge in [-0.05, 0) is 25.0 Å². The van der Waals surface area contributed by atoms with E-state index in [0.29, 0.717) is 23.7 Å². The van der Waals surface area contributed by atoms with Crippen molar-refractivity contribution in [1.82, 2.24) is 14.9 Å². The smallest absolute Gasteiger partial charge is 0.255 e. The number of rotatable bonds is 3. The summed E-state index contributed by atoms with van der Waals surface area (Å²) < 4.78 is 18.5. The first-order valence-electron chi connectivity index (χ1n) is 7.99. The Morgan fingerprint density at radius 3 is 3.12 bits per heavy atom. The fourth-order valence-electron chi connectivity index (χ4n) is 3.18. The van der Waals surface area contributed by atoms with Gasteiger partial charge in [0.25, 0.3) is 5.91 Å². The van der Waals surface area contributed by atoms with Crippen LogP contribution in [0.15, 0.2) is 30.7 Å². The van der Waals surface area contributed by atoms with Crippen molar-refractivity contribution in [3.05, 3.63) is 42.0 Å². The first kappa shape index (κ1) is 15.0. The van der Waals surface area contributed by atoms with Crippen molar-refractivity contribution in [3.63, 3.8) is 0 Å². The minimum atomic E-state index is -0.145. The van der Waals surface area contributed by atoms with Crippen LogP contribution in [0.4, 0.5) is 0 Å². The number of carbonyl (C=O) groups excluding carboxylic acids is 1. The number of imidazole rings is 1. The SMILES string of the molecule is Cn1cncc1[C@H]1C[C@H](NC(=O)c2cccc3c2OCO3)CCO1. The van der Waals surface area contributed by atoms with E-state index in [-0.39, 0.29) is 24.8 Å². The summed E-state index contributed by atoms with van der Waals surface area (Å²) >= 11 is 0. The van der Waals surface area contributed by atoms with Crippen LogP contribution in [0.5, 0.6) is 11.5 Å². The van der Waals surface area contributed by atoms with E-state index in [1.807, 2.05) is 17.8 Å². The molecule has 2 aliphatic rings. The molecule has 1 aromatic heterocycles. The van der Waals surface area contributed by atoms with Crippen LogP contribution in [0, 0.1) is 0 Å². The maximum absolute atomic E-state index is 12.6. The van der Waals surface area contributed by atoms with Gasteiger partial charge in [-0.15, -0.1) is 0 Å². The summed E-state index contributed by atoms with van der Waals surface area (Å²) in [6, 6.07) is 5.39. The van der Waals surface area contributed by atoms with Crippen molar-refractivity contribution in [2.75, 3.05) is 13.4 Å². The zero-order valence-corrected chi connectivity index (χ0v) is 13.4. The summed E-state index contributed by atoms with van der Waals surface area (Å²) in [6.07, 6.45) is 5.01. The van der Waals surface area contributed by atoms with E-state index in [1.165, 1.54) is 0 Å². The molecule has 7 heteroatoms. The predicted octanol–water partition coefficient (Wildman–Crippen LogP) is 1.80. The second-order valence-electron chi connectivity index (χ2n) is 6.02.